The molecule has 0 aromatic rings. The first-order chi connectivity index (χ1) is 5.86. The van der Waals surface area contributed by atoms with Crippen LogP contribution in [0.2, 0.25) is 0 Å². The highest BCUT2D eigenvalue weighted by Crippen LogP contribution is 2.20. The van der Waals surface area contributed by atoms with Crippen molar-refractivity contribution in [2.24, 2.45) is 11.8 Å². The summed E-state index contributed by atoms with van der Waals surface area (Å²) in [5, 5.41) is 0. The van der Waals surface area contributed by atoms with Gasteiger partial charge in [-0.1, -0.05) is 44.9 Å². The predicted molar refractivity (Wildman–Crippen MR) is 61.8 cm³/mol. The van der Waals surface area contributed by atoms with Crippen molar-refractivity contribution >= 4 is 0 Å². The van der Waals surface area contributed by atoms with Crippen LogP contribution in [-0.4, -0.2) is 0 Å². The van der Waals surface area contributed by atoms with Crippen molar-refractivity contribution in [3.63, 3.8) is 0 Å². The maximum atomic E-state index is 2.33. The second-order valence-electron chi connectivity index (χ2n) is 4.56. The first kappa shape index (κ1) is 12.5. The third-order valence-electron chi connectivity index (χ3n) is 2.63. The molecule has 0 bridgehead atoms. The van der Waals surface area contributed by atoms with E-state index in [0.717, 1.165) is 0 Å². The fourth-order valence-electron chi connectivity index (χ4n) is 1.37. The molecule has 13 heavy (non-hydrogen) atoms. The second kappa shape index (κ2) is 5.26. The maximum Gasteiger partial charge on any atom is -0.0257 e. The van der Waals surface area contributed by atoms with E-state index in [9.17, 15) is 0 Å². The molecule has 0 spiro atoms. The van der Waals surface area contributed by atoms with Crippen LogP contribution in [0.3, 0.4) is 0 Å². The standard InChI is InChI=1S/C13H24/c1-9(2)8-11(5)13(7)12(6)10(3)4/h8-10H,1-7H3/b11-8-,13-12-. The number of hydrogen-bond acceptors (Lipinski definition) is 0. The lowest BCUT2D eigenvalue weighted by Gasteiger charge is -2.12. The van der Waals surface area contributed by atoms with E-state index in [2.05, 4.69) is 54.5 Å². The van der Waals surface area contributed by atoms with Crippen molar-refractivity contribution in [1.82, 2.24) is 0 Å². The van der Waals surface area contributed by atoms with Crippen LogP contribution in [0.5, 0.6) is 0 Å². The first-order valence-corrected chi connectivity index (χ1v) is 5.22. The van der Waals surface area contributed by atoms with Crippen LogP contribution in [-0.2, 0) is 0 Å². The smallest absolute Gasteiger partial charge is 0.0257 e. The lowest BCUT2D eigenvalue weighted by Crippen LogP contribution is -1.95. The third-order valence-corrected chi connectivity index (χ3v) is 2.63. The van der Waals surface area contributed by atoms with E-state index in [1.54, 1.807) is 0 Å². The molecule has 0 rings (SSSR count). The van der Waals surface area contributed by atoms with Crippen LogP contribution in [0, 0.1) is 11.8 Å². The molecule has 76 valence electrons. The molecule has 0 heterocycles. The van der Waals surface area contributed by atoms with Gasteiger partial charge in [-0.25, -0.2) is 0 Å². The summed E-state index contributed by atoms with van der Waals surface area (Å²) in [6, 6.07) is 0. The molecule has 0 amide bonds. The molecular weight excluding hydrogens is 156 g/mol. The molecule has 0 aromatic heterocycles. The number of hydrogen-bond donors (Lipinski definition) is 0. The molecule has 0 aliphatic heterocycles. The van der Waals surface area contributed by atoms with E-state index in [0.29, 0.717) is 11.8 Å². The molecule has 0 radical (unpaired) electrons. The Balaban J connectivity index is 4.77. The third kappa shape index (κ3) is 4.31. The second-order valence-corrected chi connectivity index (χ2v) is 4.56. The quantitative estimate of drug-likeness (QED) is 0.558. The fraction of sp³-hybridized carbons (Fsp3) is 0.692. The molecule has 0 saturated heterocycles. The van der Waals surface area contributed by atoms with E-state index in [-0.39, 0.29) is 0 Å². The van der Waals surface area contributed by atoms with Crippen LogP contribution >= 0.6 is 0 Å². The van der Waals surface area contributed by atoms with Gasteiger partial charge >= 0.3 is 0 Å². The molecule has 0 fully saturated rings. The van der Waals surface area contributed by atoms with E-state index < -0.39 is 0 Å². The molecular formula is C13H24. The summed E-state index contributed by atoms with van der Waals surface area (Å²) in [5.74, 6) is 1.31. The monoisotopic (exact) mass is 180 g/mol. The van der Waals surface area contributed by atoms with Crippen LogP contribution in [0.25, 0.3) is 0 Å². The molecule has 0 nitrogen and oxygen atoms in total. The molecule has 0 saturated carbocycles. The predicted octanol–water partition coefficient (Wildman–Crippen LogP) is 4.58. The lowest BCUT2D eigenvalue weighted by molar-refractivity contribution is 0.755. The Hall–Kier alpha value is -0.520. The normalized spacial score (nSPS) is 15.3. The minimum atomic E-state index is 0.648. The average Bonchev–Trinajstić information content (AvgIpc) is 2.00. The molecule has 0 aromatic carbocycles. The molecule has 0 atom stereocenters. The van der Waals surface area contributed by atoms with Crippen molar-refractivity contribution in [2.45, 2.75) is 48.5 Å². The van der Waals surface area contributed by atoms with Crippen LogP contribution in [0.1, 0.15) is 48.5 Å². The van der Waals surface area contributed by atoms with Gasteiger partial charge in [0, 0.05) is 0 Å². The molecule has 0 heteroatoms. The van der Waals surface area contributed by atoms with Crippen molar-refractivity contribution in [2.75, 3.05) is 0 Å². The van der Waals surface area contributed by atoms with Gasteiger partial charge in [-0.2, -0.15) is 0 Å². The Morgan fingerprint density at radius 2 is 1.38 bits per heavy atom. The van der Waals surface area contributed by atoms with Gasteiger partial charge in [-0.15, -0.1) is 0 Å². The number of allylic oxidation sites excluding steroid dienone is 4. The van der Waals surface area contributed by atoms with Crippen molar-refractivity contribution in [3.8, 4) is 0 Å². The zero-order chi connectivity index (χ0) is 10.6. The van der Waals surface area contributed by atoms with E-state index in [4.69, 9.17) is 0 Å². The highest BCUT2D eigenvalue weighted by molar-refractivity contribution is 5.32. The highest BCUT2D eigenvalue weighted by atomic mass is 14.1. The van der Waals surface area contributed by atoms with Gasteiger partial charge in [0.05, 0.1) is 0 Å². The van der Waals surface area contributed by atoms with Crippen LogP contribution < -0.4 is 0 Å². The summed E-state index contributed by atoms with van der Waals surface area (Å²) < 4.78 is 0. The van der Waals surface area contributed by atoms with Crippen LogP contribution in [0.4, 0.5) is 0 Å². The van der Waals surface area contributed by atoms with Crippen molar-refractivity contribution < 1.29 is 0 Å². The fourth-order valence-corrected chi connectivity index (χ4v) is 1.37. The SMILES string of the molecule is CC(=C/C(C)C)/C(C)=C(/C)C(C)C. The van der Waals surface area contributed by atoms with E-state index in [1.807, 2.05) is 0 Å². The molecule has 0 N–H and O–H groups in total. The Kier molecular flexibility index (Phi) is 5.05. The molecule has 0 unspecified atom stereocenters. The summed E-state index contributed by atoms with van der Waals surface area (Å²) in [6.07, 6.45) is 2.33. The van der Waals surface area contributed by atoms with Gasteiger partial charge in [0.1, 0.15) is 0 Å². The summed E-state index contributed by atoms with van der Waals surface area (Å²) >= 11 is 0. The van der Waals surface area contributed by atoms with Gasteiger partial charge < -0.3 is 0 Å². The van der Waals surface area contributed by atoms with Crippen molar-refractivity contribution in [3.05, 3.63) is 22.8 Å². The van der Waals surface area contributed by atoms with E-state index >= 15 is 0 Å². The lowest BCUT2D eigenvalue weighted by atomic mass is 9.94. The summed E-state index contributed by atoms with van der Waals surface area (Å²) in [4.78, 5) is 0. The maximum absolute atomic E-state index is 2.33. The number of rotatable bonds is 3. The average molecular weight is 180 g/mol. The summed E-state index contributed by atoms with van der Waals surface area (Å²) in [6.45, 7) is 15.6. The van der Waals surface area contributed by atoms with Gasteiger partial charge in [0.15, 0.2) is 0 Å². The molecule has 0 aliphatic carbocycles. The Morgan fingerprint density at radius 3 is 1.69 bits per heavy atom. The largest absolute Gasteiger partial charge is 0.0788 e. The Morgan fingerprint density at radius 1 is 0.923 bits per heavy atom. The zero-order valence-electron chi connectivity index (χ0n) is 10.2. The van der Waals surface area contributed by atoms with E-state index in [1.165, 1.54) is 16.7 Å². The summed E-state index contributed by atoms with van der Waals surface area (Å²) in [7, 11) is 0. The van der Waals surface area contributed by atoms with Crippen molar-refractivity contribution in [1.29, 1.82) is 0 Å². The van der Waals surface area contributed by atoms with Crippen LogP contribution in [0.15, 0.2) is 22.8 Å². The topological polar surface area (TPSA) is 0 Å². The Bertz CT molecular complexity index is 214. The Labute approximate surface area is 83.7 Å². The first-order valence-electron chi connectivity index (χ1n) is 5.22. The van der Waals surface area contributed by atoms with Gasteiger partial charge in [-0.05, 0) is 38.2 Å². The van der Waals surface area contributed by atoms with Gasteiger partial charge in [-0.3, -0.25) is 0 Å². The zero-order valence-corrected chi connectivity index (χ0v) is 10.2. The molecule has 0 aliphatic rings. The van der Waals surface area contributed by atoms with Gasteiger partial charge in [0.2, 0.25) is 0 Å². The summed E-state index contributed by atoms with van der Waals surface area (Å²) in [5.41, 5.74) is 4.40. The van der Waals surface area contributed by atoms with Gasteiger partial charge in [0.25, 0.3) is 0 Å². The highest BCUT2D eigenvalue weighted by Gasteiger charge is 2.03. The minimum Gasteiger partial charge on any atom is -0.0788 e. The minimum absolute atomic E-state index is 0.648.